The molecule has 0 aliphatic carbocycles. The van der Waals surface area contributed by atoms with Gasteiger partial charge in [-0.25, -0.2) is 4.39 Å². The van der Waals surface area contributed by atoms with Gasteiger partial charge in [-0.05, 0) is 39.2 Å². The van der Waals surface area contributed by atoms with E-state index in [1.807, 2.05) is 24.9 Å². The zero-order valence-corrected chi connectivity index (χ0v) is 13.5. The molecule has 0 radical (unpaired) electrons. The molecule has 2 fully saturated rings. The molecule has 1 aromatic heterocycles. The molecule has 0 bridgehead atoms. The highest BCUT2D eigenvalue weighted by atomic mass is 19.1. The van der Waals surface area contributed by atoms with E-state index in [9.17, 15) is 4.79 Å². The quantitative estimate of drug-likeness (QED) is 0.853. The van der Waals surface area contributed by atoms with E-state index in [0.717, 1.165) is 37.1 Å². The summed E-state index contributed by atoms with van der Waals surface area (Å²) in [5, 5.41) is 4.24. The van der Waals surface area contributed by atoms with Crippen molar-refractivity contribution in [2.75, 3.05) is 26.2 Å². The molecule has 1 aromatic rings. The average molecular weight is 308 g/mol. The lowest BCUT2D eigenvalue weighted by Gasteiger charge is -2.38. The van der Waals surface area contributed by atoms with Gasteiger partial charge in [0.05, 0.1) is 6.20 Å². The van der Waals surface area contributed by atoms with Crippen LogP contribution < -0.4 is 0 Å². The molecule has 1 atom stereocenters. The number of alkyl halides is 1. The molecule has 3 rings (SSSR count). The Morgan fingerprint density at radius 1 is 1.32 bits per heavy atom. The third-order valence-corrected chi connectivity index (χ3v) is 5.03. The average Bonchev–Trinajstić information content (AvgIpc) is 3.12. The Kier molecular flexibility index (Phi) is 4.21. The fourth-order valence-electron chi connectivity index (χ4n) is 3.55. The molecule has 0 N–H and O–H groups in total. The Morgan fingerprint density at radius 2 is 2.05 bits per heavy atom. The van der Waals surface area contributed by atoms with Gasteiger partial charge in [0, 0.05) is 44.5 Å². The predicted molar refractivity (Wildman–Crippen MR) is 82.1 cm³/mol. The molecule has 3 heterocycles. The van der Waals surface area contributed by atoms with Crippen molar-refractivity contribution in [3.8, 4) is 0 Å². The van der Waals surface area contributed by atoms with Crippen LogP contribution >= 0.6 is 0 Å². The predicted octanol–water partition coefficient (Wildman–Crippen LogP) is 1.66. The molecule has 0 aromatic carbocycles. The molecule has 5 nitrogen and oxygen atoms in total. The Morgan fingerprint density at radius 3 is 2.68 bits per heavy atom. The normalized spacial score (nSPS) is 26.6. The van der Waals surface area contributed by atoms with E-state index in [1.165, 1.54) is 0 Å². The lowest BCUT2D eigenvalue weighted by atomic mass is 9.92. The smallest absolute Gasteiger partial charge is 0.261 e. The number of nitrogens with zero attached hydrogens (tertiary/aromatic N) is 4. The van der Waals surface area contributed by atoms with Crippen LogP contribution in [0.5, 0.6) is 0 Å². The second-order valence-corrected chi connectivity index (χ2v) is 6.66. The van der Waals surface area contributed by atoms with Crippen molar-refractivity contribution in [1.29, 1.82) is 0 Å². The minimum absolute atomic E-state index is 0.205. The first-order valence-corrected chi connectivity index (χ1v) is 8.18. The zero-order chi connectivity index (χ0) is 15.7. The zero-order valence-electron chi connectivity index (χ0n) is 13.5. The number of likely N-dealkylation sites (tertiary alicyclic amines) is 2. The number of aromatic nitrogens is 2. The third kappa shape index (κ3) is 2.89. The molecule has 2 saturated heterocycles. The Balaban J connectivity index is 1.67. The van der Waals surface area contributed by atoms with Crippen LogP contribution in [-0.2, 0) is 18.4 Å². The molecule has 6 heteroatoms. The number of amides is 1. The van der Waals surface area contributed by atoms with Crippen molar-refractivity contribution in [2.24, 2.45) is 7.05 Å². The van der Waals surface area contributed by atoms with Crippen LogP contribution in [0.4, 0.5) is 4.39 Å². The van der Waals surface area contributed by atoms with Crippen LogP contribution in [0.25, 0.3) is 0 Å². The Labute approximate surface area is 131 Å². The minimum atomic E-state index is -1.71. The second kappa shape index (κ2) is 5.99. The number of aryl methyl sites for hydroxylation is 1. The van der Waals surface area contributed by atoms with E-state index in [1.54, 1.807) is 4.90 Å². The maximum absolute atomic E-state index is 15.2. The summed E-state index contributed by atoms with van der Waals surface area (Å²) in [7, 11) is 1.91. The summed E-state index contributed by atoms with van der Waals surface area (Å²) in [6, 6.07) is 0. The summed E-state index contributed by atoms with van der Waals surface area (Å²) in [5.74, 6) is -0.294. The molecule has 1 unspecified atom stereocenters. The molecule has 1 amide bonds. The highest BCUT2D eigenvalue weighted by molar-refractivity contribution is 5.85. The summed E-state index contributed by atoms with van der Waals surface area (Å²) in [5.41, 5.74) is 0.500. The molecule has 122 valence electrons. The van der Waals surface area contributed by atoms with Gasteiger partial charge in [0.25, 0.3) is 5.91 Å². The number of halogens is 1. The van der Waals surface area contributed by atoms with Gasteiger partial charge in [-0.3, -0.25) is 14.4 Å². The van der Waals surface area contributed by atoms with Crippen molar-refractivity contribution in [2.45, 2.75) is 44.8 Å². The van der Waals surface area contributed by atoms with Crippen LogP contribution in [0.3, 0.4) is 0 Å². The maximum Gasteiger partial charge on any atom is 0.261 e. The van der Waals surface area contributed by atoms with Gasteiger partial charge < -0.3 is 4.90 Å². The number of rotatable bonds is 3. The summed E-state index contributed by atoms with van der Waals surface area (Å²) in [6.07, 6.45) is 4.92. The lowest BCUT2D eigenvalue weighted by molar-refractivity contribution is -0.147. The van der Waals surface area contributed by atoms with Gasteiger partial charge >= 0.3 is 0 Å². The highest BCUT2D eigenvalue weighted by Gasteiger charge is 2.45. The maximum atomic E-state index is 15.2. The highest BCUT2D eigenvalue weighted by Crippen LogP contribution is 2.30. The number of hydrogen-bond donors (Lipinski definition) is 0. The van der Waals surface area contributed by atoms with Crippen LogP contribution in [0.15, 0.2) is 6.20 Å². The fraction of sp³-hybridized carbons (Fsp3) is 0.750. The monoisotopic (exact) mass is 308 g/mol. The first-order valence-electron chi connectivity index (χ1n) is 8.18. The molecule has 2 aliphatic rings. The van der Waals surface area contributed by atoms with Crippen LogP contribution in [0.1, 0.15) is 36.9 Å². The van der Waals surface area contributed by atoms with Gasteiger partial charge in [-0.2, -0.15) is 5.10 Å². The molecule has 0 spiro atoms. The summed E-state index contributed by atoms with van der Waals surface area (Å²) in [6.45, 7) is 5.16. The van der Waals surface area contributed by atoms with E-state index in [4.69, 9.17) is 0 Å². The van der Waals surface area contributed by atoms with Crippen molar-refractivity contribution in [1.82, 2.24) is 19.6 Å². The van der Waals surface area contributed by atoms with Crippen molar-refractivity contribution in [3.63, 3.8) is 0 Å². The first kappa shape index (κ1) is 15.5. The van der Waals surface area contributed by atoms with E-state index < -0.39 is 5.67 Å². The van der Waals surface area contributed by atoms with Gasteiger partial charge in [-0.15, -0.1) is 0 Å². The summed E-state index contributed by atoms with van der Waals surface area (Å²) in [4.78, 5) is 16.3. The molecule has 2 aliphatic heterocycles. The number of hydrogen-bond acceptors (Lipinski definition) is 3. The van der Waals surface area contributed by atoms with Gasteiger partial charge in [0.15, 0.2) is 0 Å². The molecular weight excluding hydrogens is 283 g/mol. The van der Waals surface area contributed by atoms with Crippen LogP contribution in [-0.4, -0.2) is 57.3 Å². The van der Waals surface area contributed by atoms with E-state index >= 15 is 4.39 Å². The fourth-order valence-corrected chi connectivity index (χ4v) is 3.55. The SMILES string of the molecule is Cc1c(CN2CCCC(F)(C(=O)N3CCCC3)C2)cnn1C. The first-order chi connectivity index (χ1) is 10.5. The standard InChI is InChI=1S/C16H25FN4O/c1-13-14(10-18-19(13)2)11-20-7-5-6-16(17,12-20)15(22)21-8-3-4-9-21/h10H,3-9,11-12H2,1-2H3. The van der Waals surface area contributed by atoms with Gasteiger partial charge in [0.2, 0.25) is 5.67 Å². The van der Waals surface area contributed by atoms with E-state index in [-0.39, 0.29) is 12.5 Å². The topological polar surface area (TPSA) is 41.4 Å². The van der Waals surface area contributed by atoms with Crippen molar-refractivity contribution >= 4 is 5.91 Å². The third-order valence-electron chi connectivity index (χ3n) is 5.03. The van der Waals surface area contributed by atoms with Crippen molar-refractivity contribution in [3.05, 3.63) is 17.5 Å². The summed E-state index contributed by atoms with van der Waals surface area (Å²) >= 11 is 0. The Bertz CT molecular complexity index is 552. The number of carbonyl (C=O) groups is 1. The van der Waals surface area contributed by atoms with Gasteiger partial charge in [0.1, 0.15) is 0 Å². The minimum Gasteiger partial charge on any atom is -0.340 e. The van der Waals surface area contributed by atoms with Crippen molar-refractivity contribution < 1.29 is 9.18 Å². The Hall–Kier alpha value is -1.43. The lowest BCUT2D eigenvalue weighted by Crippen LogP contribution is -2.54. The second-order valence-electron chi connectivity index (χ2n) is 6.66. The molecular formula is C16H25FN4O. The van der Waals surface area contributed by atoms with E-state index in [0.29, 0.717) is 26.1 Å². The van der Waals surface area contributed by atoms with Crippen LogP contribution in [0, 0.1) is 6.92 Å². The molecule has 0 saturated carbocycles. The summed E-state index contributed by atoms with van der Waals surface area (Å²) < 4.78 is 17.1. The van der Waals surface area contributed by atoms with Gasteiger partial charge in [-0.1, -0.05) is 0 Å². The molecule has 22 heavy (non-hydrogen) atoms. The van der Waals surface area contributed by atoms with E-state index in [2.05, 4.69) is 10.00 Å². The van der Waals surface area contributed by atoms with Crippen LogP contribution in [0.2, 0.25) is 0 Å². The largest absolute Gasteiger partial charge is 0.340 e. The number of carbonyl (C=O) groups excluding carboxylic acids is 1. The number of piperidine rings is 1.